The minimum Gasteiger partial charge on any atom is -0.507 e. The molecule has 4 nitrogen and oxygen atoms in total. The molecule has 2 aromatic carbocycles. The fraction of sp³-hybridized carbons (Fsp3) is 0.167. The van der Waals surface area contributed by atoms with E-state index in [2.05, 4.69) is 0 Å². The first-order valence-corrected chi connectivity index (χ1v) is 7.15. The van der Waals surface area contributed by atoms with Gasteiger partial charge in [0.1, 0.15) is 23.4 Å². The molecule has 0 aliphatic rings. The zero-order valence-electron chi connectivity index (χ0n) is 12.8. The molecule has 0 bridgehead atoms. The van der Waals surface area contributed by atoms with E-state index in [1.165, 1.54) is 30.5 Å². The van der Waals surface area contributed by atoms with Crippen LogP contribution in [0.2, 0.25) is 0 Å². The second-order valence-corrected chi connectivity index (χ2v) is 5.64. The van der Waals surface area contributed by atoms with E-state index in [-0.39, 0.29) is 22.3 Å². The first kappa shape index (κ1) is 15.2. The molecular formula is C18H16FNO3. The van der Waals surface area contributed by atoms with Crippen LogP contribution >= 0.6 is 0 Å². The number of fused-ring (bicyclic) bond motifs is 1. The third kappa shape index (κ3) is 2.71. The number of rotatable bonds is 3. The predicted molar refractivity (Wildman–Crippen MR) is 86.9 cm³/mol. The highest BCUT2D eigenvalue weighted by Gasteiger charge is 2.16. The van der Waals surface area contributed by atoms with Crippen molar-refractivity contribution >= 4 is 11.0 Å². The highest BCUT2D eigenvalue weighted by molar-refractivity contribution is 5.85. The Hall–Kier alpha value is -2.66. The van der Waals surface area contributed by atoms with Gasteiger partial charge < -0.3 is 14.4 Å². The topological polar surface area (TPSA) is 53.7 Å². The molecule has 0 amide bonds. The Bertz CT molecular complexity index is 931. The van der Waals surface area contributed by atoms with Gasteiger partial charge in [-0.2, -0.15) is 0 Å². The smallest absolute Gasteiger partial charge is 0.200 e. The summed E-state index contributed by atoms with van der Waals surface area (Å²) in [6.45, 7) is 0.422. The van der Waals surface area contributed by atoms with E-state index in [0.717, 1.165) is 0 Å². The Morgan fingerprint density at radius 1 is 1.13 bits per heavy atom. The number of hydrogen-bond donors (Lipinski definition) is 1. The minimum atomic E-state index is -0.480. The van der Waals surface area contributed by atoms with Gasteiger partial charge in [-0.1, -0.05) is 18.2 Å². The Balaban J connectivity index is 2.28. The molecule has 0 spiro atoms. The maximum absolute atomic E-state index is 13.9. The highest BCUT2D eigenvalue weighted by Crippen LogP contribution is 2.29. The standard InChI is InChI=1S/C18H16FNO3/c1-20(2)9-13-16(21)8-7-12-17(22)14(10-23-18(12)13)11-5-3-4-6-15(11)19/h3-8,10,21H,9H2,1-2H3. The van der Waals surface area contributed by atoms with E-state index >= 15 is 0 Å². The lowest BCUT2D eigenvalue weighted by Gasteiger charge is -2.13. The van der Waals surface area contributed by atoms with E-state index in [0.29, 0.717) is 23.1 Å². The molecular weight excluding hydrogens is 297 g/mol. The van der Waals surface area contributed by atoms with Crippen LogP contribution in [-0.4, -0.2) is 24.1 Å². The summed E-state index contributed by atoms with van der Waals surface area (Å²) in [7, 11) is 3.70. The third-order valence-corrected chi connectivity index (χ3v) is 3.66. The molecule has 118 valence electrons. The number of hydrogen-bond acceptors (Lipinski definition) is 4. The fourth-order valence-corrected chi connectivity index (χ4v) is 2.58. The molecule has 23 heavy (non-hydrogen) atoms. The fourth-order valence-electron chi connectivity index (χ4n) is 2.58. The van der Waals surface area contributed by atoms with Crippen LogP contribution < -0.4 is 5.43 Å². The first-order chi connectivity index (χ1) is 11.0. The average molecular weight is 313 g/mol. The SMILES string of the molecule is CN(C)Cc1c(O)ccc2c(=O)c(-c3ccccc3F)coc12. The van der Waals surface area contributed by atoms with Crippen LogP contribution in [0.4, 0.5) is 4.39 Å². The van der Waals surface area contributed by atoms with Crippen molar-refractivity contribution in [2.75, 3.05) is 14.1 Å². The number of nitrogens with zero attached hydrogens (tertiary/aromatic N) is 1. The van der Waals surface area contributed by atoms with Crippen molar-refractivity contribution in [3.8, 4) is 16.9 Å². The van der Waals surface area contributed by atoms with Crippen molar-refractivity contribution < 1.29 is 13.9 Å². The molecule has 1 aromatic heterocycles. The molecule has 1 N–H and O–H groups in total. The summed E-state index contributed by atoms with van der Waals surface area (Å²) >= 11 is 0. The van der Waals surface area contributed by atoms with Gasteiger partial charge in [0.2, 0.25) is 5.43 Å². The monoisotopic (exact) mass is 313 g/mol. The molecule has 0 saturated heterocycles. The summed E-state index contributed by atoms with van der Waals surface area (Å²) < 4.78 is 19.5. The first-order valence-electron chi connectivity index (χ1n) is 7.15. The molecule has 0 unspecified atom stereocenters. The second-order valence-electron chi connectivity index (χ2n) is 5.64. The van der Waals surface area contributed by atoms with Crippen molar-refractivity contribution in [1.29, 1.82) is 0 Å². The molecule has 3 aromatic rings. The molecule has 1 heterocycles. The van der Waals surface area contributed by atoms with Gasteiger partial charge in [-0.05, 0) is 32.3 Å². The molecule has 0 radical (unpaired) electrons. The minimum absolute atomic E-state index is 0.0630. The van der Waals surface area contributed by atoms with Crippen molar-refractivity contribution in [2.45, 2.75) is 6.54 Å². The van der Waals surface area contributed by atoms with Crippen LogP contribution in [0.5, 0.6) is 5.75 Å². The molecule has 0 fully saturated rings. The number of phenols is 1. The van der Waals surface area contributed by atoms with E-state index in [1.54, 1.807) is 12.1 Å². The zero-order valence-corrected chi connectivity index (χ0v) is 12.8. The predicted octanol–water partition coefficient (Wildman–Crippen LogP) is 3.37. The number of phenolic OH excluding ortho intramolecular Hbond substituents is 1. The van der Waals surface area contributed by atoms with E-state index in [4.69, 9.17) is 4.42 Å². The molecule has 5 heteroatoms. The van der Waals surface area contributed by atoms with Crippen LogP contribution in [0, 0.1) is 5.82 Å². The van der Waals surface area contributed by atoms with Crippen LogP contribution in [0.25, 0.3) is 22.1 Å². The third-order valence-electron chi connectivity index (χ3n) is 3.66. The molecule has 0 atom stereocenters. The summed E-state index contributed by atoms with van der Waals surface area (Å²) in [5, 5.41) is 10.3. The molecule has 0 aliphatic heterocycles. The Morgan fingerprint density at radius 2 is 1.87 bits per heavy atom. The largest absolute Gasteiger partial charge is 0.507 e. The Morgan fingerprint density at radius 3 is 2.57 bits per heavy atom. The summed E-state index contributed by atoms with van der Waals surface area (Å²) in [5.41, 5.74) is 0.896. The van der Waals surface area contributed by atoms with E-state index < -0.39 is 5.82 Å². The van der Waals surface area contributed by atoms with Crippen LogP contribution in [-0.2, 0) is 6.54 Å². The summed E-state index contributed by atoms with van der Waals surface area (Å²) in [4.78, 5) is 14.6. The van der Waals surface area contributed by atoms with Crippen molar-refractivity contribution in [2.24, 2.45) is 0 Å². The normalized spacial score (nSPS) is 11.3. The van der Waals surface area contributed by atoms with Gasteiger partial charge >= 0.3 is 0 Å². The van der Waals surface area contributed by atoms with Gasteiger partial charge in [-0.25, -0.2) is 4.39 Å². The maximum Gasteiger partial charge on any atom is 0.200 e. The van der Waals surface area contributed by atoms with Crippen molar-refractivity contribution in [3.63, 3.8) is 0 Å². The van der Waals surface area contributed by atoms with E-state index in [9.17, 15) is 14.3 Å². The zero-order chi connectivity index (χ0) is 16.6. The highest BCUT2D eigenvalue weighted by atomic mass is 19.1. The summed E-state index contributed by atoms with van der Waals surface area (Å²) in [5.74, 6) is -0.417. The van der Waals surface area contributed by atoms with Crippen molar-refractivity contribution in [3.05, 3.63) is 64.3 Å². The summed E-state index contributed by atoms with van der Waals surface area (Å²) in [6, 6.07) is 9.02. The molecule has 0 aliphatic carbocycles. The molecule has 0 saturated carbocycles. The van der Waals surface area contributed by atoms with Crippen LogP contribution in [0.1, 0.15) is 5.56 Å². The van der Waals surface area contributed by atoms with Gasteiger partial charge in [0.15, 0.2) is 0 Å². The van der Waals surface area contributed by atoms with Gasteiger partial charge in [0.05, 0.1) is 16.5 Å². The van der Waals surface area contributed by atoms with Gasteiger partial charge in [-0.3, -0.25) is 4.79 Å². The number of aromatic hydroxyl groups is 1. The quantitative estimate of drug-likeness (QED) is 0.805. The lowest BCUT2D eigenvalue weighted by Crippen LogP contribution is -2.13. The average Bonchev–Trinajstić information content (AvgIpc) is 2.51. The van der Waals surface area contributed by atoms with Crippen LogP contribution in [0.3, 0.4) is 0 Å². The Kier molecular flexibility index (Phi) is 3.88. The van der Waals surface area contributed by atoms with Gasteiger partial charge in [-0.15, -0.1) is 0 Å². The second kappa shape index (κ2) is 5.85. The van der Waals surface area contributed by atoms with Gasteiger partial charge in [0, 0.05) is 12.1 Å². The van der Waals surface area contributed by atoms with Gasteiger partial charge in [0.25, 0.3) is 0 Å². The van der Waals surface area contributed by atoms with Crippen molar-refractivity contribution in [1.82, 2.24) is 4.90 Å². The lowest BCUT2D eigenvalue weighted by molar-refractivity contribution is 0.384. The number of halogens is 1. The van der Waals surface area contributed by atoms with E-state index in [1.807, 2.05) is 19.0 Å². The number of benzene rings is 2. The van der Waals surface area contributed by atoms with Crippen LogP contribution in [0.15, 0.2) is 51.9 Å². The molecule has 3 rings (SSSR count). The Labute approximate surface area is 132 Å². The summed E-state index contributed by atoms with van der Waals surface area (Å²) in [6.07, 6.45) is 1.25. The maximum atomic E-state index is 13.9. The lowest BCUT2D eigenvalue weighted by atomic mass is 10.0.